The van der Waals surface area contributed by atoms with Crippen LogP contribution in [0.15, 0.2) is 0 Å². The van der Waals surface area contributed by atoms with Gasteiger partial charge >= 0.3 is 0 Å². The molecule has 2 rings (SSSR count). The van der Waals surface area contributed by atoms with E-state index in [-0.39, 0.29) is 18.8 Å². The highest BCUT2D eigenvalue weighted by molar-refractivity contribution is 6.11. The van der Waals surface area contributed by atoms with E-state index in [0.29, 0.717) is 6.61 Å². The smallest absolute Gasteiger partial charge is 0.142 e. The molecule has 0 aromatic carbocycles. The minimum absolute atomic E-state index is 0.115. The summed E-state index contributed by atoms with van der Waals surface area (Å²) in [4.78, 5) is 0. The zero-order chi connectivity index (χ0) is 8.77. The topological polar surface area (TPSA) is 47.9 Å². The molecule has 0 amide bonds. The summed E-state index contributed by atoms with van der Waals surface area (Å²) in [5, 5.41) is 9.12. The lowest BCUT2D eigenvalue weighted by Gasteiger charge is -2.28. The molecule has 0 saturated carbocycles. The molecule has 2 aliphatic heterocycles. The largest absolute Gasteiger partial charge is 0.393 e. The van der Waals surface area contributed by atoms with Crippen LogP contribution in [0.2, 0.25) is 0 Å². The quantitative estimate of drug-likeness (QED) is 0.521. The molecule has 4 atom stereocenters. The first-order valence-corrected chi connectivity index (χ1v) is 3.92. The molecule has 5 heteroatoms. The van der Waals surface area contributed by atoms with Gasteiger partial charge in [0.1, 0.15) is 25.7 Å². The number of hydrogen-bond donors (Lipinski definition) is 1. The van der Waals surface area contributed by atoms with E-state index in [9.17, 15) is 0 Å². The van der Waals surface area contributed by atoms with Crippen LogP contribution in [0.3, 0.4) is 0 Å². The molecule has 66 valence electrons. The van der Waals surface area contributed by atoms with E-state index in [4.69, 9.17) is 27.2 Å². The van der Waals surface area contributed by atoms with E-state index in [2.05, 4.69) is 0 Å². The summed E-state index contributed by atoms with van der Waals surface area (Å²) in [6.45, 7) is 0.246. The van der Waals surface area contributed by atoms with Gasteiger partial charge in [-0.1, -0.05) is 0 Å². The maximum atomic E-state index is 9.12. The third-order valence-electron chi connectivity index (χ3n) is 2.55. The summed E-state index contributed by atoms with van der Waals surface area (Å²) in [6.07, 6.45) is -0.473. The molecule has 2 heterocycles. The molecule has 3 unspecified atom stereocenters. The predicted octanol–water partition coefficient (Wildman–Crippen LogP) is -1.34. The van der Waals surface area contributed by atoms with Crippen molar-refractivity contribution in [3.63, 3.8) is 0 Å². The van der Waals surface area contributed by atoms with Crippen molar-refractivity contribution in [2.45, 2.75) is 23.8 Å². The Morgan fingerprint density at radius 3 is 2.92 bits per heavy atom. The van der Waals surface area contributed by atoms with E-state index in [1.54, 1.807) is 7.11 Å². The maximum absolute atomic E-state index is 9.12. The fourth-order valence-electron chi connectivity index (χ4n) is 1.93. The van der Waals surface area contributed by atoms with Crippen molar-refractivity contribution < 1.29 is 19.3 Å². The second-order valence-electron chi connectivity index (χ2n) is 3.24. The van der Waals surface area contributed by atoms with E-state index in [1.165, 1.54) is 0 Å². The van der Waals surface area contributed by atoms with Gasteiger partial charge in [-0.3, -0.25) is 0 Å². The van der Waals surface area contributed by atoms with Gasteiger partial charge in [-0.25, -0.2) is 0 Å². The number of hydrogen-bond acceptors (Lipinski definition) is 4. The minimum Gasteiger partial charge on any atom is -0.393 e. The van der Waals surface area contributed by atoms with Gasteiger partial charge in [0.2, 0.25) is 0 Å². The fraction of sp³-hybridized carbons (Fsp3) is 1.00. The normalized spacial score (nSPS) is 51.7. The van der Waals surface area contributed by atoms with Crippen LogP contribution in [0.4, 0.5) is 0 Å². The molecule has 2 saturated heterocycles. The van der Waals surface area contributed by atoms with E-state index in [1.807, 2.05) is 0 Å². The van der Waals surface area contributed by atoms with Gasteiger partial charge in [-0.15, -0.1) is 0 Å². The Balaban J connectivity index is 2.23. The Morgan fingerprint density at radius 2 is 2.50 bits per heavy atom. The molecule has 0 aromatic heterocycles. The standard InChI is InChI=1S/C7H11BO4/c1-10-5-4-6(8)12-7(5,2-9)3-11-4/h4-6,9H,2-3H2,1H3/t4?,5-,6?,7?/m1/s1. The monoisotopic (exact) mass is 170 g/mol. The van der Waals surface area contributed by atoms with Crippen LogP contribution in [0.25, 0.3) is 0 Å². The SMILES string of the molecule is [B]C1OC2(CO)COC1[C@H]2OC. The van der Waals surface area contributed by atoms with Crippen molar-refractivity contribution in [3.8, 4) is 0 Å². The van der Waals surface area contributed by atoms with Gasteiger partial charge in [0.05, 0.1) is 13.2 Å². The molecule has 12 heavy (non-hydrogen) atoms. The predicted molar refractivity (Wildman–Crippen MR) is 41.0 cm³/mol. The molecule has 0 spiro atoms. The molecule has 0 aromatic rings. The van der Waals surface area contributed by atoms with Gasteiger partial charge in [-0.2, -0.15) is 0 Å². The van der Waals surface area contributed by atoms with Gasteiger partial charge in [0, 0.05) is 13.1 Å². The minimum atomic E-state index is -0.723. The Hall–Kier alpha value is -0.0951. The first-order chi connectivity index (χ1) is 5.73. The lowest BCUT2D eigenvalue weighted by molar-refractivity contribution is -0.138. The first kappa shape index (κ1) is 8.50. The van der Waals surface area contributed by atoms with Crippen LogP contribution in [0.5, 0.6) is 0 Å². The average molecular weight is 170 g/mol. The molecule has 2 fully saturated rings. The van der Waals surface area contributed by atoms with Crippen LogP contribution in [-0.2, 0) is 14.2 Å². The Kier molecular flexibility index (Phi) is 1.91. The zero-order valence-electron chi connectivity index (χ0n) is 6.90. The third kappa shape index (κ3) is 0.878. The number of aliphatic hydroxyl groups excluding tert-OH is 1. The molecule has 2 aliphatic rings. The van der Waals surface area contributed by atoms with Crippen molar-refractivity contribution in [1.29, 1.82) is 0 Å². The summed E-state index contributed by atoms with van der Waals surface area (Å²) in [5.41, 5.74) is -0.723. The Morgan fingerprint density at radius 1 is 1.75 bits per heavy atom. The second-order valence-corrected chi connectivity index (χ2v) is 3.24. The van der Waals surface area contributed by atoms with Crippen LogP contribution >= 0.6 is 0 Å². The number of aliphatic hydroxyl groups is 1. The van der Waals surface area contributed by atoms with Gasteiger partial charge in [0.25, 0.3) is 0 Å². The van der Waals surface area contributed by atoms with Crippen LogP contribution in [0, 0.1) is 0 Å². The highest BCUT2D eigenvalue weighted by atomic mass is 16.7. The zero-order valence-corrected chi connectivity index (χ0v) is 6.90. The molecule has 4 nitrogen and oxygen atoms in total. The summed E-state index contributed by atoms with van der Waals surface area (Å²) in [7, 11) is 7.18. The lowest BCUT2D eigenvalue weighted by atomic mass is 9.92. The van der Waals surface area contributed by atoms with Crippen LogP contribution in [-0.4, -0.2) is 57.1 Å². The first-order valence-electron chi connectivity index (χ1n) is 3.92. The molecular weight excluding hydrogens is 159 g/mol. The molecule has 2 radical (unpaired) electrons. The summed E-state index contributed by atoms with van der Waals surface area (Å²) >= 11 is 0. The highest BCUT2D eigenvalue weighted by Crippen LogP contribution is 2.40. The highest BCUT2D eigenvalue weighted by Gasteiger charge is 2.59. The van der Waals surface area contributed by atoms with Crippen molar-refractivity contribution >= 4 is 7.85 Å². The Labute approximate surface area is 72.2 Å². The maximum Gasteiger partial charge on any atom is 0.142 e. The number of methoxy groups -OCH3 is 1. The average Bonchev–Trinajstić information content (AvgIpc) is 2.56. The summed E-state index contributed by atoms with van der Waals surface area (Å²) < 4.78 is 15.9. The van der Waals surface area contributed by atoms with Crippen molar-refractivity contribution in [2.24, 2.45) is 0 Å². The van der Waals surface area contributed by atoms with Gasteiger partial charge in [0.15, 0.2) is 0 Å². The van der Waals surface area contributed by atoms with Crippen molar-refractivity contribution in [3.05, 3.63) is 0 Å². The van der Waals surface area contributed by atoms with E-state index in [0.717, 1.165) is 0 Å². The third-order valence-corrected chi connectivity index (χ3v) is 2.55. The van der Waals surface area contributed by atoms with Crippen LogP contribution in [0.1, 0.15) is 0 Å². The molecule has 2 bridgehead atoms. The fourth-order valence-corrected chi connectivity index (χ4v) is 1.93. The number of fused-ring (bicyclic) bond motifs is 2. The van der Waals surface area contributed by atoms with Crippen LogP contribution < -0.4 is 0 Å². The Bertz CT molecular complexity index is 188. The number of ether oxygens (including phenoxy) is 3. The molecule has 1 N–H and O–H groups in total. The van der Waals surface area contributed by atoms with Gasteiger partial charge in [-0.05, 0) is 0 Å². The summed E-state index contributed by atoms with van der Waals surface area (Å²) in [5.74, 6) is 0. The summed E-state index contributed by atoms with van der Waals surface area (Å²) in [6, 6.07) is -0.476. The molecule has 0 aliphatic carbocycles. The van der Waals surface area contributed by atoms with Crippen molar-refractivity contribution in [2.75, 3.05) is 20.3 Å². The molecular formula is C7H11BO4. The lowest BCUT2D eigenvalue weighted by Crippen LogP contribution is -2.45. The van der Waals surface area contributed by atoms with Crippen molar-refractivity contribution in [1.82, 2.24) is 0 Å². The van der Waals surface area contributed by atoms with E-state index < -0.39 is 11.6 Å². The van der Waals surface area contributed by atoms with E-state index >= 15 is 0 Å². The van der Waals surface area contributed by atoms with Gasteiger partial charge < -0.3 is 19.3 Å². The number of rotatable bonds is 2. The second kappa shape index (κ2) is 2.70.